The fourth-order valence-corrected chi connectivity index (χ4v) is 7.93. The predicted octanol–water partition coefficient (Wildman–Crippen LogP) is 4.47. The van der Waals surface area contributed by atoms with Crippen LogP contribution in [0.15, 0.2) is 34.9 Å². The summed E-state index contributed by atoms with van der Waals surface area (Å²) < 4.78 is 1.03. The highest BCUT2D eigenvalue weighted by atomic mass is 79.9. The van der Waals surface area contributed by atoms with E-state index in [0.29, 0.717) is 31.5 Å². The zero-order valence-corrected chi connectivity index (χ0v) is 26.0. The minimum atomic E-state index is -0.351. The minimum absolute atomic E-state index is 0.151. The summed E-state index contributed by atoms with van der Waals surface area (Å²) >= 11 is 10.0. The first kappa shape index (κ1) is 28.9. The van der Waals surface area contributed by atoms with Crippen LogP contribution in [-0.4, -0.2) is 94.9 Å². The van der Waals surface area contributed by atoms with Crippen LogP contribution >= 0.6 is 27.5 Å². The number of primary amides is 1. The Hall–Kier alpha value is -2.20. The van der Waals surface area contributed by atoms with E-state index in [1.165, 1.54) is 22.4 Å². The average molecular weight is 644 g/mol. The van der Waals surface area contributed by atoms with Crippen LogP contribution in [0.3, 0.4) is 0 Å². The van der Waals surface area contributed by atoms with Crippen LogP contribution in [0, 0.1) is 5.92 Å². The Bertz CT molecular complexity index is 1220. The molecule has 4 aliphatic rings. The summed E-state index contributed by atoms with van der Waals surface area (Å²) in [5.41, 5.74) is 10.6. The van der Waals surface area contributed by atoms with Gasteiger partial charge in [0, 0.05) is 80.5 Å². The molecule has 3 amide bonds. The molecule has 2 N–H and O–H groups in total. The molecule has 0 saturated carbocycles. The van der Waals surface area contributed by atoms with Crippen molar-refractivity contribution < 1.29 is 9.59 Å². The summed E-state index contributed by atoms with van der Waals surface area (Å²) in [4.78, 5) is 38.3. The number of halogens is 2. The summed E-state index contributed by atoms with van der Waals surface area (Å²) in [6.45, 7) is 6.89. The molecule has 6 rings (SSSR count). The number of rotatable bonds is 4. The topological polar surface area (TPSA) is 86.0 Å². The van der Waals surface area contributed by atoms with E-state index in [1.54, 1.807) is 4.90 Å². The second kappa shape index (κ2) is 12.6. The number of likely N-dealkylation sites (tertiary alicyclic amines) is 2. The summed E-state index contributed by atoms with van der Waals surface area (Å²) in [5.74, 6) is 0.619. The number of benzene rings is 1. The number of aryl methyl sites for hydroxylation is 2. The van der Waals surface area contributed by atoms with E-state index in [0.717, 1.165) is 87.3 Å². The van der Waals surface area contributed by atoms with Crippen molar-refractivity contribution in [2.75, 3.05) is 52.4 Å². The number of fused-ring (bicyclic) bond motifs is 2. The molecule has 220 valence electrons. The zero-order valence-electron chi connectivity index (χ0n) is 23.6. The van der Waals surface area contributed by atoms with Crippen LogP contribution in [0.25, 0.3) is 0 Å². The number of nitrogens with two attached hydrogens (primary N) is 1. The van der Waals surface area contributed by atoms with Gasteiger partial charge in [-0.2, -0.15) is 0 Å². The van der Waals surface area contributed by atoms with E-state index in [-0.39, 0.29) is 18.0 Å². The standard InChI is InChI=1S/C31H40BrClN6O2/c32-24-18-23-2-1-22-19-25(33)3-4-27(22)30(29(23)35-20-24)38-11-7-26(8-12-38)36-13-15-37(16-14-36)28(40)17-21-5-9-39(10-6-21)31(34)41/h3-4,18-21,26,30H,1-2,5-17H2,(H2,34,41). The maximum Gasteiger partial charge on any atom is 0.314 e. The van der Waals surface area contributed by atoms with Crippen molar-refractivity contribution in [3.05, 3.63) is 62.3 Å². The first-order chi connectivity index (χ1) is 19.9. The number of amides is 3. The van der Waals surface area contributed by atoms with Crippen molar-refractivity contribution in [3.8, 4) is 0 Å². The van der Waals surface area contributed by atoms with E-state index in [4.69, 9.17) is 22.3 Å². The monoisotopic (exact) mass is 642 g/mol. The molecule has 1 aliphatic carbocycles. The van der Waals surface area contributed by atoms with Crippen molar-refractivity contribution in [2.45, 2.75) is 57.0 Å². The summed E-state index contributed by atoms with van der Waals surface area (Å²) in [7, 11) is 0. The lowest BCUT2D eigenvalue weighted by atomic mass is 9.92. The Kier molecular flexibility index (Phi) is 8.86. The molecule has 1 aromatic carbocycles. The SMILES string of the molecule is NC(=O)N1CCC(CC(=O)N2CCN(C3CCN(C4c5ccc(Cl)cc5CCc5cc(Br)cnc54)CC3)CC2)CC1. The van der Waals surface area contributed by atoms with Crippen LogP contribution in [0.1, 0.15) is 60.5 Å². The lowest BCUT2D eigenvalue weighted by Crippen LogP contribution is -2.54. The molecule has 10 heteroatoms. The molecule has 41 heavy (non-hydrogen) atoms. The Morgan fingerprint density at radius 1 is 0.878 bits per heavy atom. The lowest BCUT2D eigenvalue weighted by Gasteiger charge is -2.44. The van der Waals surface area contributed by atoms with Gasteiger partial charge in [-0.1, -0.05) is 17.7 Å². The molecule has 3 fully saturated rings. The number of hydrogen-bond donors (Lipinski definition) is 1. The molecule has 0 bridgehead atoms. The maximum absolute atomic E-state index is 13.0. The van der Waals surface area contributed by atoms with Gasteiger partial charge in [0.25, 0.3) is 0 Å². The van der Waals surface area contributed by atoms with Gasteiger partial charge in [-0.05, 0) is 95.3 Å². The number of carbonyl (C=O) groups excluding carboxylic acids is 2. The number of nitrogens with zero attached hydrogens (tertiary/aromatic N) is 5. The lowest BCUT2D eigenvalue weighted by molar-refractivity contribution is -0.134. The predicted molar refractivity (Wildman–Crippen MR) is 164 cm³/mol. The van der Waals surface area contributed by atoms with Crippen molar-refractivity contribution in [1.82, 2.24) is 24.6 Å². The fourth-order valence-electron chi connectivity index (χ4n) is 7.36. The van der Waals surface area contributed by atoms with E-state index < -0.39 is 0 Å². The smallest absolute Gasteiger partial charge is 0.314 e. The molecular formula is C31H40BrClN6O2. The molecule has 3 aliphatic heterocycles. The average Bonchev–Trinajstić information content (AvgIpc) is 3.14. The van der Waals surface area contributed by atoms with Crippen molar-refractivity contribution in [1.29, 1.82) is 0 Å². The van der Waals surface area contributed by atoms with Gasteiger partial charge in [0.15, 0.2) is 0 Å². The third-order valence-corrected chi connectivity index (χ3v) is 10.4. The number of urea groups is 1. The van der Waals surface area contributed by atoms with E-state index in [2.05, 4.69) is 48.8 Å². The summed E-state index contributed by atoms with van der Waals surface area (Å²) in [6.07, 6.45) is 8.44. The highest BCUT2D eigenvalue weighted by Crippen LogP contribution is 2.39. The molecule has 8 nitrogen and oxygen atoms in total. The van der Waals surface area contributed by atoms with Gasteiger partial charge in [0.1, 0.15) is 0 Å². The minimum Gasteiger partial charge on any atom is -0.351 e. The van der Waals surface area contributed by atoms with Gasteiger partial charge in [-0.3, -0.25) is 19.6 Å². The third kappa shape index (κ3) is 6.43. The first-order valence-electron chi connectivity index (χ1n) is 15.1. The van der Waals surface area contributed by atoms with Gasteiger partial charge in [0.05, 0.1) is 11.7 Å². The van der Waals surface area contributed by atoms with E-state index in [9.17, 15) is 9.59 Å². The molecule has 1 unspecified atom stereocenters. The molecule has 4 heterocycles. The van der Waals surface area contributed by atoms with Crippen molar-refractivity contribution >= 4 is 39.5 Å². The number of piperazine rings is 1. The van der Waals surface area contributed by atoms with Crippen LogP contribution in [0.5, 0.6) is 0 Å². The van der Waals surface area contributed by atoms with Gasteiger partial charge >= 0.3 is 6.03 Å². The number of pyridine rings is 1. The van der Waals surface area contributed by atoms with Gasteiger partial charge in [0.2, 0.25) is 5.91 Å². The molecule has 1 aromatic heterocycles. The maximum atomic E-state index is 13.0. The zero-order chi connectivity index (χ0) is 28.5. The number of aromatic nitrogens is 1. The van der Waals surface area contributed by atoms with Gasteiger partial charge in [-0.25, -0.2) is 4.79 Å². The number of hydrogen-bond acceptors (Lipinski definition) is 5. The third-order valence-electron chi connectivity index (χ3n) is 9.73. The molecular weight excluding hydrogens is 604 g/mol. The number of piperidine rings is 2. The fraction of sp³-hybridized carbons (Fsp3) is 0.581. The van der Waals surface area contributed by atoms with Gasteiger partial charge in [-0.15, -0.1) is 0 Å². The molecule has 0 spiro atoms. The van der Waals surface area contributed by atoms with Crippen LogP contribution in [-0.2, 0) is 17.6 Å². The van der Waals surface area contributed by atoms with Crippen LogP contribution in [0.2, 0.25) is 5.02 Å². The normalized spacial score (nSPS) is 23.1. The highest BCUT2D eigenvalue weighted by Gasteiger charge is 2.35. The molecule has 1 atom stereocenters. The molecule has 0 radical (unpaired) electrons. The summed E-state index contributed by atoms with van der Waals surface area (Å²) in [6, 6.07) is 8.96. The van der Waals surface area contributed by atoms with Crippen LogP contribution in [0.4, 0.5) is 4.79 Å². The Morgan fingerprint density at radius 3 is 2.29 bits per heavy atom. The quantitative estimate of drug-likeness (QED) is 0.532. The molecule has 2 aromatic rings. The van der Waals surface area contributed by atoms with E-state index >= 15 is 0 Å². The molecule has 3 saturated heterocycles. The first-order valence-corrected chi connectivity index (χ1v) is 16.3. The Balaban J connectivity index is 1.04. The Labute approximate surface area is 256 Å². The summed E-state index contributed by atoms with van der Waals surface area (Å²) in [5, 5.41) is 0.799. The number of carbonyl (C=O) groups is 2. The van der Waals surface area contributed by atoms with Crippen molar-refractivity contribution in [3.63, 3.8) is 0 Å². The highest BCUT2D eigenvalue weighted by molar-refractivity contribution is 9.10. The largest absolute Gasteiger partial charge is 0.351 e. The van der Waals surface area contributed by atoms with Crippen molar-refractivity contribution in [2.24, 2.45) is 11.7 Å². The van der Waals surface area contributed by atoms with Gasteiger partial charge < -0.3 is 15.5 Å². The van der Waals surface area contributed by atoms with Crippen LogP contribution < -0.4 is 5.73 Å². The van der Waals surface area contributed by atoms with E-state index in [1.807, 2.05) is 12.3 Å². The Morgan fingerprint density at radius 2 is 1.59 bits per heavy atom. The second-order valence-corrected chi connectivity index (χ2v) is 13.5. The second-order valence-electron chi connectivity index (χ2n) is 12.1.